The van der Waals surface area contributed by atoms with Crippen LogP contribution in [0.2, 0.25) is 0 Å². The molecule has 68 valence electrons. The van der Waals surface area contributed by atoms with Gasteiger partial charge in [-0.1, -0.05) is 0 Å². The van der Waals surface area contributed by atoms with Crippen molar-refractivity contribution in [3.63, 3.8) is 0 Å². The Kier molecular flexibility index (Phi) is 37.8. The zero-order chi connectivity index (χ0) is 7.15. The number of rotatable bonds is 0. The summed E-state index contributed by atoms with van der Waals surface area (Å²) >= 11 is -4.01. The van der Waals surface area contributed by atoms with Gasteiger partial charge in [-0.15, -0.1) is 0 Å². The van der Waals surface area contributed by atoms with Crippen molar-refractivity contribution in [2.45, 2.75) is 0 Å². The molecule has 0 aromatic carbocycles. The number of halogens is 2. The molecule has 10 heteroatoms. The molecular formula is Cu2FIO5Si+2. The fourth-order valence-electron chi connectivity index (χ4n) is 0. The van der Waals surface area contributed by atoms with E-state index >= 15 is 0 Å². The Balaban J connectivity index is -0.0000000300. The molecule has 0 aromatic heterocycles. The van der Waals surface area contributed by atoms with Gasteiger partial charge in [-0.05, 0) is 0 Å². The third-order valence-electron chi connectivity index (χ3n) is 0. The minimum atomic E-state index is -4.01. The average Bonchev–Trinajstić information content (AvgIpc) is 1.25. The van der Waals surface area contributed by atoms with E-state index in [0.29, 0.717) is 0 Å². The third kappa shape index (κ3) is 340. The molecule has 0 fully saturated rings. The first-order chi connectivity index (χ1) is 3.46. The van der Waals surface area contributed by atoms with Crippen molar-refractivity contribution in [2.24, 2.45) is 0 Å². The van der Waals surface area contributed by atoms with E-state index in [-0.39, 0.29) is 34.1 Å². The number of hydrogen-bond acceptors (Lipinski definition) is 5. The average molecular weight is 381 g/mol. The second-order valence-corrected chi connectivity index (χ2v) is 1.98. The molecule has 0 heterocycles. The quantitative estimate of drug-likeness (QED) is 0.235. The van der Waals surface area contributed by atoms with Crippen molar-refractivity contribution in [3.05, 3.63) is 0 Å². The topological polar surface area (TPSA) is 109 Å². The van der Waals surface area contributed by atoms with E-state index < -0.39 is 30.3 Å². The van der Waals surface area contributed by atoms with Crippen molar-refractivity contribution < 1.29 is 78.9 Å². The van der Waals surface area contributed by atoms with Crippen molar-refractivity contribution in [1.29, 1.82) is 0 Å². The predicted molar refractivity (Wildman–Crippen MR) is 7.55 cm³/mol. The van der Waals surface area contributed by atoms with Gasteiger partial charge in [0.15, 0.2) is 0 Å². The second-order valence-electron chi connectivity index (χ2n) is 0.427. The van der Waals surface area contributed by atoms with Gasteiger partial charge in [0, 0.05) is 0 Å². The van der Waals surface area contributed by atoms with Crippen LogP contribution in [0.5, 0.6) is 0 Å². The summed E-state index contributed by atoms with van der Waals surface area (Å²) in [6, 6.07) is 0. The molecule has 0 spiro atoms. The maximum absolute atomic E-state index is 9.99. The minimum Gasteiger partial charge on any atom is -0.560 e. The summed E-state index contributed by atoms with van der Waals surface area (Å²) in [5.74, 6) is 0. The number of hydrogen-bond donors (Lipinski definition) is 0. The van der Waals surface area contributed by atoms with Gasteiger partial charge in [0.2, 0.25) is 0 Å². The molecule has 10 heavy (non-hydrogen) atoms. The smallest absolute Gasteiger partial charge is 0.560 e. The van der Waals surface area contributed by atoms with Crippen LogP contribution in [0.15, 0.2) is 0 Å². The molecule has 0 N–H and O–H groups in total. The molecule has 0 atom stereocenters. The maximum Gasteiger partial charge on any atom is 2.00 e. The molecule has 0 aliphatic heterocycles. The Labute approximate surface area is 87.6 Å². The Hall–Kier alpha value is 1.40. The van der Waals surface area contributed by atoms with Crippen LogP contribution in [-0.4, -0.2) is 9.26 Å². The maximum atomic E-state index is 9.99. The first-order valence-electron chi connectivity index (χ1n) is 1.06. The van der Waals surface area contributed by atoms with Crippen LogP contribution in [-0.2, 0) is 38.6 Å². The van der Waals surface area contributed by atoms with E-state index in [4.69, 9.17) is 19.6 Å². The van der Waals surface area contributed by atoms with Gasteiger partial charge in [0.05, 0.1) is 0 Å². The molecule has 0 aliphatic carbocycles. The summed E-state index contributed by atoms with van der Waals surface area (Å²) in [6.07, 6.45) is 0. The largest absolute Gasteiger partial charge is 2.00 e. The van der Waals surface area contributed by atoms with E-state index in [9.17, 15) is 4.11 Å². The summed E-state index contributed by atoms with van der Waals surface area (Å²) < 4.78 is 44.1. The monoisotopic (exact) mass is 380 g/mol. The molecule has 0 aliphatic rings. The van der Waals surface area contributed by atoms with Gasteiger partial charge < -0.3 is 19.6 Å². The van der Waals surface area contributed by atoms with Crippen LogP contribution in [0.3, 0.4) is 0 Å². The summed E-state index contributed by atoms with van der Waals surface area (Å²) in [5, 5.41) is 0. The first-order valence-corrected chi connectivity index (χ1v) is 4.90. The molecule has 0 saturated heterocycles. The SMILES string of the molecule is O=[Si]([O-])F.[Cu+2].[Cu+2].[O-][I+2]([O-])[O-]. The summed E-state index contributed by atoms with van der Waals surface area (Å²) in [4.78, 5) is 8.41. The fraction of sp³-hybridized carbons (Fsp3) is 0. The second kappa shape index (κ2) is 16.8. The molecule has 0 saturated carbocycles. The van der Waals surface area contributed by atoms with Gasteiger partial charge in [-0.3, -0.25) is 4.11 Å². The molecule has 0 bridgehead atoms. The zero-order valence-electron chi connectivity index (χ0n) is 3.90. The van der Waals surface area contributed by atoms with E-state index in [1.165, 1.54) is 0 Å². The van der Waals surface area contributed by atoms with Gasteiger partial charge in [0.25, 0.3) is 21.1 Å². The summed E-state index contributed by atoms with van der Waals surface area (Å²) in [5.41, 5.74) is 0. The van der Waals surface area contributed by atoms with Crippen molar-refractivity contribution >= 4 is 9.26 Å². The van der Waals surface area contributed by atoms with E-state index in [1.54, 1.807) is 0 Å². The van der Waals surface area contributed by atoms with Crippen LogP contribution >= 0.6 is 0 Å². The van der Waals surface area contributed by atoms with Crippen LogP contribution < -0.4 is 36.2 Å². The molecule has 0 amide bonds. The van der Waals surface area contributed by atoms with Crippen molar-refractivity contribution in [2.75, 3.05) is 0 Å². The standard InChI is InChI=1S/2Cu.FO2Si.IO3/c;;1-4(2)3;2-1(3)4/q2*+2;2*-1. The van der Waals surface area contributed by atoms with Gasteiger partial charge in [0.1, 0.15) is 0 Å². The molecular weight excluding hydrogens is 381 g/mol. The fourth-order valence-corrected chi connectivity index (χ4v) is 0. The third-order valence-corrected chi connectivity index (χ3v) is 0. The van der Waals surface area contributed by atoms with Crippen LogP contribution in [0, 0.1) is 0 Å². The van der Waals surface area contributed by atoms with Crippen LogP contribution in [0.25, 0.3) is 0 Å². The Morgan fingerprint density at radius 2 is 1.20 bits per heavy atom. The molecule has 0 rings (SSSR count). The van der Waals surface area contributed by atoms with Gasteiger partial charge in [-0.2, -0.15) is 0 Å². The summed E-state index contributed by atoms with van der Waals surface area (Å²) in [6.45, 7) is 0. The van der Waals surface area contributed by atoms with Gasteiger partial charge >= 0.3 is 43.4 Å². The van der Waals surface area contributed by atoms with Gasteiger partial charge in [-0.25, -0.2) is 0 Å². The first kappa shape index (κ1) is 22.5. The van der Waals surface area contributed by atoms with Crippen LogP contribution in [0.4, 0.5) is 4.11 Å². The normalized spacial score (nSPS) is 6.10. The van der Waals surface area contributed by atoms with Crippen molar-refractivity contribution in [1.82, 2.24) is 0 Å². The Bertz CT molecular complexity index is 63.9. The van der Waals surface area contributed by atoms with E-state index in [0.717, 1.165) is 0 Å². The molecule has 5 nitrogen and oxygen atoms in total. The van der Waals surface area contributed by atoms with Crippen LogP contribution in [0.1, 0.15) is 0 Å². The Morgan fingerprint density at radius 1 is 1.20 bits per heavy atom. The zero-order valence-corrected chi connectivity index (χ0v) is 8.94. The van der Waals surface area contributed by atoms with E-state index in [1.807, 2.05) is 0 Å². The van der Waals surface area contributed by atoms with Crippen molar-refractivity contribution in [3.8, 4) is 0 Å². The predicted octanol–water partition coefficient (Wildman–Crippen LogP) is -7.84. The molecule has 0 unspecified atom stereocenters. The Morgan fingerprint density at radius 3 is 1.20 bits per heavy atom. The minimum absolute atomic E-state index is 0. The van der Waals surface area contributed by atoms with E-state index in [2.05, 4.69) is 0 Å². The molecule has 2 radical (unpaired) electrons. The molecule has 0 aromatic rings. The summed E-state index contributed by atoms with van der Waals surface area (Å²) in [7, 11) is -3.88.